The molecular formula is C21H23FN2O4. The van der Waals surface area contributed by atoms with Crippen molar-refractivity contribution in [2.24, 2.45) is 5.92 Å². The molecule has 2 aromatic carbocycles. The first kappa shape index (κ1) is 18.6. The molecule has 0 radical (unpaired) electrons. The first-order valence-corrected chi connectivity index (χ1v) is 9.27. The van der Waals surface area contributed by atoms with Gasteiger partial charge >= 0.3 is 6.03 Å². The number of amides is 2. The molecule has 2 saturated heterocycles. The van der Waals surface area contributed by atoms with Crippen LogP contribution in [0.25, 0.3) is 0 Å². The molecule has 3 fully saturated rings. The third-order valence-electron chi connectivity index (χ3n) is 5.25. The summed E-state index contributed by atoms with van der Waals surface area (Å²) < 4.78 is 31.1. The van der Waals surface area contributed by atoms with Crippen molar-refractivity contribution in [2.75, 3.05) is 25.6 Å². The largest absolute Gasteiger partial charge is 0.493 e. The van der Waals surface area contributed by atoms with Crippen LogP contribution in [0.1, 0.15) is 18.4 Å². The minimum Gasteiger partial charge on any atom is -0.493 e. The molecule has 2 N–H and O–H groups in total. The second-order valence-electron chi connectivity index (χ2n) is 7.48. The number of ether oxygens (including phenoxy) is 3. The smallest absolute Gasteiger partial charge is 0.319 e. The highest BCUT2D eigenvalue weighted by Crippen LogP contribution is 2.47. The summed E-state index contributed by atoms with van der Waals surface area (Å²) in [5.74, 6) is 1.04. The second-order valence-corrected chi connectivity index (χ2v) is 7.48. The lowest BCUT2D eigenvalue weighted by molar-refractivity contribution is 0.00546. The van der Waals surface area contributed by atoms with Gasteiger partial charge < -0.3 is 24.8 Å². The van der Waals surface area contributed by atoms with Gasteiger partial charge in [0.25, 0.3) is 0 Å². The van der Waals surface area contributed by atoms with Gasteiger partial charge in [0.05, 0.1) is 19.3 Å². The summed E-state index contributed by atoms with van der Waals surface area (Å²) in [5.41, 5.74) is 1.16. The number of nitrogens with one attached hydrogen (secondary N) is 2. The number of fused-ring (bicyclic) bond motifs is 1. The Morgan fingerprint density at radius 1 is 1.21 bits per heavy atom. The van der Waals surface area contributed by atoms with Crippen LogP contribution >= 0.6 is 0 Å². The molecule has 7 heteroatoms. The van der Waals surface area contributed by atoms with E-state index in [1.165, 1.54) is 19.2 Å². The molecule has 28 heavy (non-hydrogen) atoms. The van der Waals surface area contributed by atoms with Crippen molar-refractivity contribution in [1.82, 2.24) is 5.32 Å². The number of carbonyl (C=O) groups is 1. The molecule has 0 spiro atoms. The SMILES string of the molecule is COc1cc(C)ccc1Oc1ccc(NC(=O)NCC23CC(CO2)C3)cc1F. The van der Waals surface area contributed by atoms with Crippen LogP contribution in [0.2, 0.25) is 0 Å². The van der Waals surface area contributed by atoms with Crippen molar-refractivity contribution < 1.29 is 23.4 Å². The van der Waals surface area contributed by atoms with E-state index in [4.69, 9.17) is 14.2 Å². The van der Waals surface area contributed by atoms with E-state index in [1.54, 1.807) is 12.1 Å². The summed E-state index contributed by atoms with van der Waals surface area (Å²) in [4.78, 5) is 12.1. The highest BCUT2D eigenvalue weighted by Gasteiger charge is 2.51. The number of hydrogen-bond acceptors (Lipinski definition) is 4. The fourth-order valence-electron chi connectivity index (χ4n) is 3.77. The number of anilines is 1. The minimum absolute atomic E-state index is 0.0480. The van der Waals surface area contributed by atoms with Crippen molar-refractivity contribution in [2.45, 2.75) is 25.4 Å². The number of methoxy groups -OCH3 is 1. The van der Waals surface area contributed by atoms with E-state index in [2.05, 4.69) is 10.6 Å². The van der Waals surface area contributed by atoms with Crippen molar-refractivity contribution in [3.63, 3.8) is 0 Å². The molecule has 2 bridgehead atoms. The summed E-state index contributed by atoms with van der Waals surface area (Å²) in [5, 5.41) is 5.44. The third-order valence-corrected chi connectivity index (χ3v) is 5.25. The van der Waals surface area contributed by atoms with Crippen molar-refractivity contribution in [1.29, 1.82) is 0 Å². The highest BCUT2D eigenvalue weighted by atomic mass is 19.1. The first-order chi connectivity index (χ1) is 13.5. The van der Waals surface area contributed by atoms with Gasteiger partial charge in [-0.1, -0.05) is 6.07 Å². The molecular weight excluding hydrogens is 363 g/mol. The van der Waals surface area contributed by atoms with Crippen LogP contribution in [0.5, 0.6) is 17.2 Å². The Morgan fingerprint density at radius 2 is 2.00 bits per heavy atom. The lowest BCUT2D eigenvalue weighted by Gasteiger charge is -2.35. The molecule has 2 amide bonds. The molecule has 0 atom stereocenters. The number of halogens is 1. The lowest BCUT2D eigenvalue weighted by Crippen LogP contribution is -2.48. The zero-order valence-corrected chi connectivity index (χ0v) is 15.9. The number of carbonyl (C=O) groups excluding carboxylic acids is 1. The molecule has 0 unspecified atom stereocenters. The molecule has 2 aliphatic heterocycles. The molecule has 0 aromatic heterocycles. The number of aryl methyl sites for hydroxylation is 1. The van der Waals surface area contributed by atoms with Crippen LogP contribution in [0, 0.1) is 18.7 Å². The minimum atomic E-state index is -0.583. The zero-order chi connectivity index (χ0) is 19.7. The quantitative estimate of drug-likeness (QED) is 0.779. The molecule has 5 rings (SSSR count). The maximum Gasteiger partial charge on any atom is 0.319 e. The predicted octanol–water partition coefficient (Wildman–Crippen LogP) is 4.24. The van der Waals surface area contributed by atoms with Crippen LogP contribution in [0.15, 0.2) is 36.4 Å². The highest BCUT2D eigenvalue weighted by molar-refractivity contribution is 5.89. The van der Waals surface area contributed by atoms with Gasteiger partial charge in [0, 0.05) is 18.3 Å². The molecule has 1 aliphatic carbocycles. The average Bonchev–Trinajstić information content (AvgIpc) is 3.24. The molecule has 3 aliphatic rings. The number of hydrogen-bond donors (Lipinski definition) is 2. The molecule has 148 valence electrons. The normalized spacial score (nSPS) is 22.3. The predicted molar refractivity (Wildman–Crippen MR) is 103 cm³/mol. The van der Waals surface area contributed by atoms with Gasteiger partial charge in [-0.3, -0.25) is 0 Å². The number of rotatable bonds is 6. The Kier molecular flexibility index (Phi) is 4.85. The number of benzene rings is 2. The van der Waals surface area contributed by atoms with Gasteiger partial charge in [0.15, 0.2) is 23.1 Å². The average molecular weight is 386 g/mol. The van der Waals surface area contributed by atoms with Crippen LogP contribution in [-0.4, -0.2) is 31.9 Å². The van der Waals surface area contributed by atoms with E-state index in [1.807, 2.05) is 19.1 Å². The maximum atomic E-state index is 14.4. The summed E-state index contributed by atoms with van der Waals surface area (Å²) in [7, 11) is 1.53. The van der Waals surface area contributed by atoms with Gasteiger partial charge in [0.2, 0.25) is 0 Å². The molecule has 6 nitrogen and oxygen atoms in total. The maximum absolute atomic E-state index is 14.4. The van der Waals surface area contributed by atoms with Crippen LogP contribution in [0.4, 0.5) is 14.9 Å². The van der Waals surface area contributed by atoms with Crippen molar-refractivity contribution >= 4 is 11.7 Å². The van der Waals surface area contributed by atoms with Gasteiger partial charge in [-0.15, -0.1) is 0 Å². The fourth-order valence-corrected chi connectivity index (χ4v) is 3.77. The Bertz CT molecular complexity index is 890. The topological polar surface area (TPSA) is 68.8 Å². The monoisotopic (exact) mass is 386 g/mol. The first-order valence-electron chi connectivity index (χ1n) is 9.27. The van der Waals surface area contributed by atoms with Crippen LogP contribution < -0.4 is 20.1 Å². The van der Waals surface area contributed by atoms with Gasteiger partial charge in [0.1, 0.15) is 0 Å². The summed E-state index contributed by atoms with van der Waals surface area (Å²) in [6.45, 7) is 3.17. The fraction of sp³-hybridized carbons (Fsp3) is 0.381. The molecule has 2 heterocycles. The van der Waals surface area contributed by atoms with E-state index in [0.29, 0.717) is 29.6 Å². The zero-order valence-electron chi connectivity index (χ0n) is 15.9. The summed E-state index contributed by atoms with van der Waals surface area (Å²) in [6.07, 6.45) is 1.99. The summed E-state index contributed by atoms with van der Waals surface area (Å²) in [6, 6.07) is 9.28. The summed E-state index contributed by atoms with van der Waals surface area (Å²) >= 11 is 0. The van der Waals surface area contributed by atoms with E-state index < -0.39 is 5.82 Å². The standard InChI is InChI=1S/C21H23FN2O4/c1-13-3-5-18(19(7-13)26-2)28-17-6-4-15(8-16(17)22)24-20(25)23-12-21-9-14(10-21)11-27-21/h3-8,14H,9-12H2,1-2H3,(H2,23,24,25). The van der Waals surface area contributed by atoms with Crippen LogP contribution in [0.3, 0.4) is 0 Å². The number of urea groups is 1. The second kappa shape index (κ2) is 7.31. The van der Waals surface area contributed by atoms with E-state index in [0.717, 1.165) is 25.0 Å². The Labute approximate surface area is 163 Å². The van der Waals surface area contributed by atoms with Gasteiger partial charge in [-0.05, 0) is 55.5 Å². The van der Waals surface area contributed by atoms with Gasteiger partial charge in [-0.25, -0.2) is 9.18 Å². The Morgan fingerprint density at radius 3 is 2.68 bits per heavy atom. The Balaban J connectivity index is 1.36. The van der Waals surface area contributed by atoms with E-state index >= 15 is 0 Å². The van der Waals surface area contributed by atoms with E-state index in [9.17, 15) is 9.18 Å². The van der Waals surface area contributed by atoms with E-state index in [-0.39, 0.29) is 17.4 Å². The molecule has 2 aromatic rings. The van der Waals surface area contributed by atoms with Crippen LogP contribution in [-0.2, 0) is 4.74 Å². The van der Waals surface area contributed by atoms with Gasteiger partial charge in [-0.2, -0.15) is 0 Å². The Hall–Kier alpha value is -2.80. The lowest BCUT2D eigenvalue weighted by atomic mass is 9.74. The van der Waals surface area contributed by atoms with Crippen molar-refractivity contribution in [3.05, 3.63) is 47.8 Å². The van der Waals surface area contributed by atoms with Crippen molar-refractivity contribution in [3.8, 4) is 17.2 Å². The third kappa shape index (κ3) is 3.75. The molecule has 1 saturated carbocycles.